The fourth-order valence-electron chi connectivity index (χ4n) is 1.01. The van der Waals surface area contributed by atoms with E-state index in [9.17, 15) is 0 Å². The van der Waals surface area contributed by atoms with Gasteiger partial charge < -0.3 is 4.57 Å². The second-order valence-corrected chi connectivity index (χ2v) is 2.22. The number of imidazole rings is 1. The van der Waals surface area contributed by atoms with E-state index in [0.717, 1.165) is 12.2 Å². The molecule has 0 spiro atoms. The van der Waals surface area contributed by atoms with E-state index < -0.39 is 0 Å². The van der Waals surface area contributed by atoms with E-state index >= 15 is 0 Å². The number of allylic oxidation sites excluding steroid dienone is 2. The fourth-order valence-corrected chi connectivity index (χ4v) is 1.01. The van der Waals surface area contributed by atoms with Gasteiger partial charge in [-0.05, 0) is 12.5 Å². The number of hydrogen-bond donors (Lipinski definition) is 0. The molecule has 0 fully saturated rings. The molecule has 0 radical (unpaired) electrons. The monoisotopic (exact) mass is 162 g/mol. The van der Waals surface area contributed by atoms with Crippen LogP contribution in [0.5, 0.6) is 0 Å². The van der Waals surface area contributed by atoms with Crippen LogP contribution < -0.4 is 0 Å². The summed E-state index contributed by atoms with van der Waals surface area (Å²) < 4.78 is 2.00. The van der Waals surface area contributed by atoms with Crippen LogP contribution in [0.3, 0.4) is 0 Å². The summed E-state index contributed by atoms with van der Waals surface area (Å²) in [6.07, 6.45) is 13.0. The third-order valence-corrected chi connectivity index (χ3v) is 1.50. The topological polar surface area (TPSA) is 17.8 Å². The molecule has 0 atom stereocenters. The van der Waals surface area contributed by atoms with Crippen molar-refractivity contribution in [2.45, 2.75) is 20.3 Å². The molecule has 0 aromatic carbocycles. The van der Waals surface area contributed by atoms with Gasteiger partial charge in [0.25, 0.3) is 0 Å². The molecule has 0 aliphatic carbocycles. The first-order valence-electron chi connectivity index (χ1n) is 4.33. The number of hydrogen-bond acceptors (Lipinski definition) is 1. The van der Waals surface area contributed by atoms with Crippen LogP contribution in [0.2, 0.25) is 0 Å². The van der Waals surface area contributed by atoms with Crippen LogP contribution in [-0.2, 0) is 0 Å². The SMILES string of the molecule is C1=Cc2nccn2C=CC1.CC. The molecule has 2 rings (SSSR count). The molecule has 0 saturated carbocycles. The zero-order valence-electron chi connectivity index (χ0n) is 7.57. The van der Waals surface area contributed by atoms with Gasteiger partial charge in [-0.25, -0.2) is 4.98 Å². The molecule has 0 N–H and O–H groups in total. The lowest BCUT2D eigenvalue weighted by Gasteiger charge is -1.91. The first kappa shape index (κ1) is 8.78. The Hall–Kier alpha value is -1.31. The van der Waals surface area contributed by atoms with Gasteiger partial charge in [-0.3, -0.25) is 0 Å². The van der Waals surface area contributed by atoms with E-state index in [0.29, 0.717) is 0 Å². The van der Waals surface area contributed by atoms with Crippen molar-refractivity contribution < 1.29 is 0 Å². The van der Waals surface area contributed by atoms with Gasteiger partial charge in [-0.1, -0.05) is 26.0 Å². The first-order valence-corrected chi connectivity index (χ1v) is 4.33. The smallest absolute Gasteiger partial charge is 0.136 e. The highest BCUT2D eigenvalue weighted by molar-refractivity contribution is 5.47. The number of rotatable bonds is 0. The molecule has 64 valence electrons. The first-order chi connectivity index (χ1) is 5.97. The van der Waals surface area contributed by atoms with E-state index in [4.69, 9.17) is 0 Å². The molecule has 2 nitrogen and oxygen atoms in total. The molecule has 2 heteroatoms. The standard InChI is InChI=1S/C8H8N2.C2H6/c1-2-4-8-9-5-7-10(8)6-3-1;1-2/h2-7H,1H2;1-2H3. The van der Waals surface area contributed by atoms with Crippen molar-refractivity contribution in [1.29, 1.82) is 0 Å². The van der Waals surface area contributed by atoms with Gasteiger partial charge in [0.1, 0.15) is 5.82 Å². The Morgan fingerprint density at radius 2 is 2.17 bits per heavy atom. The summed E-state index contributed by atoms with van der Waals surface area (Å²) in [7, 11) is 0. The Balaban J connectivity index is 0.000000336. The molecule has 0 bridgehead atoms. The minimum Gasteiger partial charge on any atom is -0.307 e. The van der Waals surface area contributed by atoms with Gasteiger partial charge in [-0.2, -0.15) is 0 Å². The van der Waals surface area contributed by atoms with Crippen molar-refractivity contribution in [3.8, 4) is 0 Å². The number of fused-ring (bicyclic) bond motifs is 1. The predicted molar refractivity (Wildman–Crippen MR) is 52.6 cm³/mol. The van der Waals surface area contributed by atoms with Crippen molar-refractivity contribution in [3.05, 3.63) is 30.4 Å². The van der Waals surface area contributed by atoms with Crippen molar-refractivity contribution in [1.82, 2.24) is 9.55 Å². The van der Waals surface area contributed by atoms with Crippen LogP contribution in [0.25, 0.3) is 12.3 Å². The fraction of sp³-hybridized carbons (Fsp3) is 0.300. The Morgan fingerprint density at radius 3 is 3.00 bits per heavy atom. The predicted octanol–water partition coefficient (Wildman–Crippen LogP) is 2.80. The number of aromatic nitrogens is 2. The van der Waals surface area contributed by atoms with Crippen LogP contribution in [0.15, 0.2) is 24.5 Å². The van der Waals surface area contributed by atoms with Crippen LogP contribution in [-0.4, -0.2) is 9.55 Å². The van der Waals surface area contributed by atoms with Gasteiger partial charge in [0, 0.05) is 18.6 Å². The van der Waals surface area contributed by atoms with Crippen molar-refractivity contribution >= 4 is 12.3 Å². The lowest BCUT2D eigenvalue weighted by molar-refractivity contribution is 1.11. The highest BCUT2D eigenvalue weighted by Crippen LogP contribution is 2.06. The number of nitrogens with zero attached hydrogens (tertiary/aromatic N) is 2. The zero-order valence-corrected chi connectivity index (χ0v) is 7.57. The average molecular weight is 162 g/mol. The Morgan fingerprint density at radius 1 is 1.33 bits per heavy atom. The largest absolute Gasteiger partial charge is 0.307 e. The lowest BCUT2D eigenvalue weighted by Crippen LogP contribution is -1.85. The van der Waals surface area contributed by atoms with Gasteiger partial charge >= 0.3 is 0 Å². The van der Waals surface area contributed by atoms with Gasteiger partial charge in [0.05, 0.1) is 0 Å². The lowest BCUT2D eigenvalue weighted by atomic mass is 10.4. The summed E-state index contributed by atoms with van der Waals surface area (Å²) in [5.74, 6) is 1.01. The van der Waals surface area contributed by atoms with Crippen LogP contribution in [0.4, 0.5) is 0 Å². The van der Waals surface area contributed by atoms with E-state index in [-0.39, 0.29) is 0 Å². The summed E-state index contributed by atoms with van der Waals surface area (Å²) >= 11 is 0. The Bertz CT molecular complexity index is 255. The van der Waals surface area contributed by atoms with Crippen molar-refractivity contribution in [2.75, 3.05) is 0 Å². The molecule has 1 aliphatic heterocycles. The normalized spacial score (nSPS) is 12.8. The van der Waals surface area contributed by atoms with E-state index in [2.05, 4.69) is 17.1 Å². The summed E-state index contributed by atoms with van der Waals surface area (Å²) in [6.45, 7) is 4.00. The third-order valence-electron chi connectivity index (χ3n) is 1.50. The second-order valence-electron chi connectivity index (χ2n) is 2.22. The molecule has 0 amide bonds. The maximum atomic E-state index is 4.14. The minimum absolute atomic E-state index is 1.00. The Labute approximate surface area is 73.2 Å². The quantitative estimate of drug-likeness (QED) is 0.573. The molecule has 2 heterocycles. The maximum absolute atomic E-state index is 4.14. The summed E-state index contributed by atoms with van der Waals surface area (Å²) in [6, 6.07) is 0. The van der Waals surface area contributed by atoms with E-state index in [1.807, 2.05) is 36.9 Å². The van der Waals surface area contributed by atoms with Gasteiger partial charge in [0.2, 0.25) is 0 Å². The molecular weight excluding hydrogens is 148 g/mol. The van der Waals surface area contributed by atoms with Crippen LogP contribution in [0, 0.1) is 0 Å². The third kappa shape index (κ3) is 1.84. The summed E-state index contributed by atoms with van der Waals surface area (Å²) in [5, 5.41) is 0. The van der Waals surface area contributed by atoms with E-state index in [1.54, 1.807) is 6.20 Å². The highest BCUT2D eigenvalue weighted by Gasteiger charge is 1.95. The van der Waals surface area contributed by atoms with E-state index in [1.165, 1.54) is 0 Å². The molecule has 0 unspecified atom stereocenters. The summed E-state index contributed by atoms with van der Waals surface area (Å²) in [4.78, 5) is 4.14. The zero-order chi connectivity index (χ0) is 8.81. The Kier molecular flexibility index (Phi) is 3.33. The highest BCUT2D eigenvalue weighted by atomic mass is 15.0. The van der Waals surface area contributed by atoms with Crippen molar-refractivity contribution in [3.63, 3.8) is 0 Å². The molecule has 0 saturated heterocycles. The summed E-state index contributed by atoms with van der Waals surface area (Å²) in [5.41, 5.74) is 0. The van der Waals surface area contributed by atoms with Crippen molar-refractivity contribution in [2.24, 2.45) is 0 Å². The molecule has 1 aromatic heterocycles. The van der Waals surface area contributed by atoms with Crippen LogP contribution in [0.1, 0.15) is 26.1 Å². The molecule has 1 aliphatic rings. The van der Waals surface area contributed by atoms with Gasteiger partial charge in [-0.15, -0.1) is 0 Å². The maximum Gasteiger partial charge on any atom is 0.136 e. The average Bonchev–Trinajstić information content (AvgIpc) is 2.46. The second kappa shape index (κ2) is 4.54. The molecular formula is C10H14N2. The molecule has 1 aromatic rings. The minimum atomic E-state index is 1.00. The van der Waals surface area contributed by atoms with Crippen LogP contribution >= 0.6 is 0 Å². The molecule has 12 heavy (non-hydrogen) atoms. The van der Waals surface area contributed by atoms with Gasteiger partial charge in [0.15, 0.2) is 0 Å².